The predicted octanol–water partition coefficient (Wildman–Crippen LogP) is 2.60. The Morgan fingerprint density at radius 3 is 2.80 bits per heavy atom. The van der Waals surface area contributed by atoms with Gasteiger partial charge in [-0.2, -0.15) is 4.68 Å². The lowest BCUT2D eigenvalue weighted by molar-refractivity contribution is 0.0273. The number of thiophene rings is 1. The van der Waals surface area contributed by atoms with Crippen molar-refractivity contribution in [3.63, 3.8) is 0 Å². The van der Waals surface area contributed by atoms with Crippen LogP contribution in [0.25, 0.3) is 5.69 Å². The van der Waals surface area contributed by atoms with E-state index < -0.39 is 0 Å². The molecule has 2 heterocycles. The fourth-order valence-corrected chi connectivity index (χ4v) is 3.23. The summed E-state index contributed by atoms with van der Waals surface area (Å²) in [7, 11) is 0. The number of carbonyl (C=O) groups excluding carboxylic acids is 1. The van der Waals surface area contributed by atoms with Crippen LogP contribution >= 0.6 is 11.3 Å². The fraction of sp³-hybridized carbons (Fsp3) is 0.538. The smallest absolute Gasteiger partial charge is 0.350 e. The number of rotatable bonds is 3. The average molecular weight is 292 g/mol. The van der Waals surface area contributed by atoms with Crippen LogP contribution in [-0.4, -0.2) is 32.3 Å². The second-order valence-electron chi connectivity index (χ2n) is 4.91. The Labute approximate surface area is 120 Å². The van der Waals surface area contributed by atoms with Crippen LogP contribution in [0.1, 0.15) is 48.2 Å². The van der Waals surface area contributed by atoms with Crippen molar-refractivity contribution in [2.45, 2.75) is 44.6 Å². The maximum Gasteiger partial charge on any atom is 0.350 e. The maximum absolute atomic E-state index is 12.3. The standard InChI is InChI=1S/C13H16N4O2S/c18-13(19-10-5-3-1-2-4-6-10)12-11(7-8-20-12)17-9-14-15-16-17/h7-10H,1-6H2. The molecule has 2 aromatic rings. The summed E-state index contributed by atoms with van der Waals surface area (Å²) < 4.78 is 7.13. The van der Waals surface area contributed by atoms with Gasteiger partial charge >= 0.3 is 5.97 Å². The van der Waals surface area contributed by atoms with E-state index in [1.807, 2.05) is 11.4 Å². The van der Waals surface area contributed by atoms with Gasteiger partial charge in [0.1, 0.15) is 17.3 Å². The summed E-state index contributed by atoms with van der Waals surface area (Å²) in [5, 5.41) is 12.8. The number of carbonyl (C=O) groups is 1. The van der Waals surface area contributed by atoms with Crippen molar-refractivity contribution < 1.29 is 9.53 Å². The van der Waals surface area contributed by atoms with Gasteiger partial charge in [-0.15, -0.1) is 16.4 Å². The molecule has 20 heavy (non-hydrogen) atoms. The van der Waals surface area contributed by atoms with Crippen molar-refractivity contribution in [2.24, 2.45) is 0 Å². The van der Waals surface area contributed by atoms with Crippen molar-refractivity contribution in [1.29, 1.82) is 0 Å². The van der Waals surface area contributed by atoms with Crippen molar-refractivity contribution in [3.05, 3.63) is 22.7 Å². The second kappa shape index (κ2) is 6.13. The molecule has 0 spiro atoms. The highest BCUT2D eigenvalue weighted by Gasteiger charge is 2.22. The van der Waals surface area contributed by atoms with E-state index >= 15 is 0 Å². The highest BCUT2D eigenvalue weighted by molar-refractivity contribution is 7.12. The lowest BCUT2D eigenvalue weighted by Gasteiger charge is -2.15. The second-order valence-corrected chi connectivity index (χ2v) is 5.82. The zero-order chi connectivity index (χ0) is 13.8. The molecule has 0 bridgehead atoms. The molecule has 6 nitrogen and oxygen atoms in total. The molecule has 0 N–H and O–H groups in total. The highest BCUT2D eigenvalue weighted by Crippen LogP contribution is 2.25. The number of nitrogens with zero attached hydrogens (tertiary/aromatic N) is 4. The molecule has 1 fully saturated rings. The van der Waals surface area contributed by atoms with E-state index in [0.717, 1.165) is 25.7 Å². The van der Waals surface area contributed by atoms with Crippen LogP contribution in [0, 0.1) is 0 Å². The molecule has 106 valence electrons. The Bertz CT molecular complexity index is 559. The van der Waals surface area contributed by atoms with Crippen LogP contribution in [0.4, 0.5) is 0 Å². The van der Waals surface area contributed by atoms with Crippen molar-refractivity contribution in [3.8, 4) is 5.69 Å². The minimum absolute atomic E-state index is 0.0498. The van der Waals surface area contributed by atoms with Gasteiger partial charge < -0.3 is 4.74 Å². The summed E-state index contributed by atoms with van der Waals surface area (Å²) in [4.78, 5) is 12.9. The van der Waals surface area contributed by atoms with Gasteiger partial charge in [-0.3, -0.25) is 0 Å². The van der Waals surface area contributed by atoms with Crippen LogP contribution in [0.2, 0.25) is 0 Å². The van der Waals surface area contributed by atoms with E-state index in [4.69, 9.17) is 4.74 Å². The molecule has 0 radical (unpaired) electrons. The Morgan fingerprint density at radius 2 is 2.10 bits per heavy atom. The van der Waals surface area contributed by atoms with Gasteiger partial charge in [0.2, 0.25) is 0 Å². The summed E-state index contributed by atoms with van der Waals surface area (Å²) in [5.41, 5.74) is 0.679. The minimum Gasteiger partial charge on any atom is -0.458 e. The number of tetrazole rings is 1. The van der Waals surface area contributed by atoms with E-state index in [2.05, 4.69) is 15.5 Å². The normalized spacial score (nSPS) is 16.8. The highest BCUT2D eigenvalue weighted by atomic mass is 32.1. The van der Waals surface area contributed by atoms with Crippen molar-refractivity contribution >= 4 is 17.3 Å². The first-order chi connectivity index (χ1) is 9.84. The lowest BCUT2D eigenvalue weighted by atomic mass is 10.1. The molecule has 0 aromatic carbocycles. The first-order valence-corrected chi connectivity index (χ1v) is 7.74. The average Bonchev–Trinajstić information content (AvgIpc) is 3.07. The summed E-state index contributed by atoms with van der Waals surface area (Å²) in [6, 6.07) is 1.82. The summed E-state index contributed by atoms with van der Waals surface area (Å²) in [6.07, 6.45) is 8.23. The molecule has 0 unspecified atom stereocenters. The topological polar surface area (TPSA) is 69.9 Å². The molecule has 3 rings (SSSR count). The SMILES string of the molecule is O=C(OC1CCCCCC1)c1sccc1-n1cnnn1. The van der Waals surface area contributed by atoms with Gasteiger partial charge in [-0.05, 0) is 47.6 Å². The lowest BCUT2D eigenvalue weighted by Crippen LogP contribution is -2.18. The van der Waals surface area contributed by atoms with Gasteiger partial charge in [0, 0.05) is 0 Å². The third-order valence-corrected chi connectivity index (χ3v) is 4.39. The van der Waals surface area contributed by atoms with Crippen molar-refractivity contribution in [1.82, 2.24) is 20.2 Å². The van der Waals surface area contributed by atoms with Crippen LogP contribution in [0.3, 0.4) is 0 Å². The van der Waals surface area contributed by atoms with E-state index in [9.17, 15) is 4.79 Å². The van der Waals surface area contributed by atoms with Gasteiger partial charge in [0.05, 0.1) is 5.69 Å². The Kier molecular flexibility index (Phi) is 4.05. The van der Waals surface area contributed by atoms with Gasteiger partial charge in [0.25, 0.3) is 0 Å². The molecular formula is C13H16N4O2S. The quantitative estimate of drug-likeness (QED) is 0.642. The molecule has 0 amide bonds. The first kappa shape index (κ1) is 13.2. The zero-order valence-electron chi connectivity index (χ0n) is 11.1. The van der Waals surface area contributed by atoms with Gasteiger partial charge in [-0.25, -0.2) is 4.79 Å². The third-order valence-electron chi connectivity index (χ3n) is 3.50. The first-order valence-electron chi connectivity index (χ1n) is 6.86. The number of ether oxygens (including phenoxy) is 1. The van der Waals surface area contributed by atoms with E-state index in [0.29, 0.717) is 10.6 Å². The maximum atomic E-state index is 12.3. The number of esters is 1. The van der Waals surface area contributed by atoms with Crippen molar-refractivity contribution in [2.75, 3.05) is 0 Å². The van der Waals surface area contributed by atoms with Crippen LogP contribution < -0.4 is 0 Å². The Morgan fingerprint density at radius 1 is 1.30 bits per heavy atom. The van der Waals surface area contributed by atoms with Crippen LogP contribution in [0.5, 0.6) is 0 Å². The molecule has 7 heteroatoms. The largest absolute Gasteiger partial charge is 0.458 e. The molecule has 0 saturated heterocycles. The number of hydrogen-bond donors (Lipinski definition) is 0. The monoisotopic (exact) mass is 292 g/mol. The predicted molar refractivity (Wildman–Crippen MR) is 73.9 cm³/mol. The summed E-state index contributed by atoms with van der Waals surface area (Å²) in [5.74, 6) is -0.266. The molecule has 1 saturated carbocycles. The molecule has 2 aromatic heterocycles. The van der Waals surface area contributed by atoms with Crippen LogP contribution in [-0.2, 0) is 4.74 Å². The number of aromatic nitrogens is 4. The molecule has 1 aliphatic rings. The van der Waals surface area contributed by atoms with Gasteiger partial charge in [0.15, 0.2) is 0 Å². The zero-order valence-corrected chi connectivity index (χ0v) is 11.9. The van der Waals surface area contributed by atoms with E-state index in [1.54, 1.807) is 0 Å². The third kappa shape index (κ3) is 2.87. The Balaban J connectivity index is 1.73. The molecule has 1 aliphatic carbocycles. The number of hydrogen-bond acceptors (Lipinski definition) is 6. The van der Waals surface area contributed by atoms with E-state index in [1.165, 1.54) is 35.2 Å². The van der Waals surface area contributed by atoms with Crippen LogP contribution in [0.15, 0.2) is 17.8 Å². The molecule has 0 aliphatic heterocycles. The Hall–Kier alpha value is -1.76. The minimum atomic E-state index is -0.266. The fourth-order valence-electron chi connectivity index (χ4n) is 2.47. The van der Waals surface area contributed by atoms with Gasteiger partial charge in [-0.1, -0.05) is 12.8 Å². The molecular weight excluding hydrogens is 276 g/mol. The van der Waals surface area contributed by atoms with E-state index in [-0.39, 0.29) is 12.1 Å². The summed E-state index contributed by atoms with van der Waals surface area (Å²) >= 11 is 1.36. The summed E-state index contributed by atoms with van der Waals surface area (Å²) in [6.45, 7) is 0. The molecule has 0 atom stereocenters.